The lowest BCUT2D eigenvalue weighted by molar-refractivity contribution is -0.155. The van der Waals surface area contributed by atoms with Crippen LogP contribution >= 0.6 is 11.6 Å². The normalized spacial score (nSPS) is 12.3. The van der Waals surface area contributed by atoms with E-state index in [2.05, 4.69) is 5.32 Å². The van der Waals surface area contributed by atoms with Crippen LogP contribution in [0.5, 0.6) is 11.5 Å². The number of phenolic OH excluding ortho intramolecular Hbond substituents is 1. The Balaban J connectivity index is 2.25. The molecule has 0 unspecified atom stereocenters. The highest BCUT2D eigenvalue weighted by atomic mass is 35.5. The Hall–Kier alpha value is -2.40. The number of rotatable bonds is 6. The smallest absolute Gasteiger partial charge is 0.308 e. The molecule has 0 aliphatic heterocycles. The average Bonchev–Trinajstić information content (AvgIpc) is 2.55. The molecular formula is C20H24ClNO4. The van der Waals surface area contributed by atoms with Gasteiger partial charge in [-0.2, -0.15) is 0 Å². The third-order valence-corrected chi connectivity index (χ3v) is 3.85. The molecule has 26 heavy (non-hydrogen) atoms. The van der Waals surface area contributed by atoms with E-state index in [-0.39, 0.29) is 24.2 Å². The van der Waals surface area contributed by atoms with Gasteiger partial charge in [0.25, 0.3) is 0 Å². The average molecular weight is 378 g/mol. The van der Waals surface area contributed by atoms with E-state index in [0.29, 0.717) is 16.5 Å². The van der Waals surface area contributed by atoms with Crippen LogP contribution in [0.15, 0.2) is 42.5 Å². The summed E-state index contributed by atoms with van der Waals surface area (Å²) in [6.07, 6.45) is 0.102. The van der Waals surface area contributed by atoms with Crippen molar-refractivity contribution in [2.45, 2.75) is 38.8 Å². The van der Waals surface area contributed by atoms with Crippen LogP contribution < -0.4 is 10.1 Å². The van der Waals surface area contributed by atoms with Gasteiger partial charge in [-0.05, 0) is 50.6 Å². The molecule has 6 heteroatoms. The minimum Gasteiger partial charge on any atom is -0.506 e. The molecule has 0 heterocycles. The summed E-state index contributed by atoms with van der Waals surface area (Å²) in [6.45, 7) is 5.47. The summed E-state index contributed by atoms with van der Waals surface area (Å²) in [5.41, 5.74) is 0.786. The molecule has 0 aromatic heterocycles. The van der Waals surface area contributed by atoms with Gasteiger partial charge in [-0.15, -0.1) is 0 Å². The molecular weight excluding hydrogens is 354 g/mol. The van der Waals surface area contributed by atoms with E-state index in [9.17, 15) is 9.90 Å². The molecule has 0 aliphatic carbocycles. The number of benzene rings is 2. The number of anilines is 1. The third-order valence-electron chi connectivity index (χ3n) is 3.60. The monoisotopic (exact) mass is 377 g/mol. The molecule has 0 amide bonds. The molecule has 0 fully saturated rings. The molecule has 0 saturated carbocycles. The van der Waals surface area contributed by atoms with Crippen molar-refractivity contribution in [2.75, 3.05) is 12.4 Å². The van der Waals surface area contributed by atoms with Crippen molar-refractivity contribution < 1.29 is 19.4 Å². The standard InChI is InChI=1S/C20H24ClNO4/c1-20(2,3)26-19(24)12-17(13-5-7-14(21)8-6-13)22-16-10-9-15(25-4)11-18(16)23/h5-11,17,22-23H,12H2,1-4H3/t17-/m1/s1. The lowest BCUT2D eigenvalue weighted by Crippen LogP contribution is -2.26. The van der Waals surface area contributed by atoms with Crippen molar-refractivity contribution in [3.05, 3.63) is 53.1 Å². The number of halogens is 1. The Morgan fingerprint density at radius 1 is 1.19 bits per heavy atom. The number of esters is 1. The Morgan fingerprint density at radius 3 is 2.38 bits per heavy atom. The van der Waals surface area contributed by atoms with Crippen molar-refractivity contribution in [1.82, 2.24) is 0 Å². The van der Waals surface area contributed by atoms with Crippen LogP contribution in [0.3, 0.4) is 0 Å². The summed E-state index contributed by atoms with van der Waals surface area (Å²) in [5, 5.41) is 14.0. The first kappa shape index (κ1) is 19.9. The van der Waals surface area contributed by atoms with Gasteiger partial charge in [0.15, 0.2) is 0 Å². The van der Waals surface area contributed by atoms with Crippen molar-refractivity contribution in [2.24, 2.45) is 0 Å². The minimum absolute atomic E-state index is 0.0347. The molecule has 0 saturated heterocycles. The second kappa shape index (κ2) is 8.32. The largest absolute Gasteiger partial charge is 0.506 e. The van der Waals surface area contributed by atoms with E-state index in [1.807, 2.05) is 32.9 Å². The zero-order chi connectivity index (χ0) is 19.3. The van der Waals surface area contributed by atoms with Crippen molar-refractivity contribution >= 4 is 23.3 Å². The van der Waals surface area contributed by atoms with Crippen molar-refractivity contribution in [1.29, 1.82) is 0 Å². The predicted molar refractivity (Wildman–Crippen MR) is 103 cm³/mol. The van der Waals surface area contributed by atoms with E-state index >= 15 is 0 Å². The number of carbonyl (C=O) groups is 1. The van der Waals surface area contributed by atoms with Gasteiger partial charge in [0.2, 0.25) is 0 Å². The van der Waals surface area contributed by atoms with Crippen molar-refractivity contribution in [3.63, 3.8) is 0 Å². The number of carbonyl (C=O) groups excluding carboxylic acids is 1. The van der Waals surface area contributed by atoms with Gasteiger partial charge in [-0.25, -0.2) is 0 Å². The van der Waals surface area contributed by atoms with Gasteiger partial charge in [-0.3, -0.25) is 4.79 Å². The highest BCUT2D eigenvalue weighted by Crippen LogP contribution is 2.32. The van der Waals surface area contributed by atoms with Crippen molar-refractivity contribution in [3.8, 4) is 11.5 Å². The van der Waals surface area contributed by atoms with Gasteiger partial charge < -0.3 is 19.9 Å². The highest BCUT2D eigenvalue weighted by Gasteiger charge is 2.22. The molecule has 2 aromatic carbocycles. The summed E-state index contributed by atoms with van der Waals surface area (Å²) in [6, 6.07) is 11.7. The lowest BCUT2D eigenvalue weighted by atomic mass is 10.0. The number of phenols is 1. The van der Waals surface area contributed by atoms with Crippen LogP contribution in [0.4, 0.5) is 5.69 Å². The number of methoxy groups -OCH3 is 1. The minimum atomic E-state index is -0.566. The molecule has 2 aromatic rings. The molecule has 0 bridgehead atoms. The second-order valence-corrected chi connectivity index (χ2v) is 7.36. The fourth-order valence-corrected chi connectivity index (χ4v) is 2.57. The van der Waals surface area contributed by atoms with Crippen LogP contribution in [0, 0.1) is 0 Å². The maximum atomic E-state index is 12.3. The predicted octanol–water partition coefficient (Wildman–Crippen LogP) is 4.94. The maximum Gasteiger partial charge on any atom is 0.308 e. The number of ether oxygens (including phenoxy) is 2. The second-order valence-electron chi connectivity index (χ2n) is 6.92. The zero-order valence-electron chi connectivity index (χ0n) is 15.4. The Labute approximate surface area is 158 Å². The van der Waals surface area contributed by atoms with Crippen LogP contribution in [-0.2, 0) is 9.53 Å². The Kier molecular flexibility index (Phi) is 6.37. The van der Waals surface area contributed by atoms with Crippen LogP contribution in [0.25, 0.3) is 0 Å². The van der Waals surface area contributed by atoms with E-state index in [0.717, 1.165) is 5.56 Å². The summed E-state index contributed by atoms with van der Waals surface area (Å²) in [7, 11) is 1.53. The maximum absolute atomic E-state index is 12.3. The number of hydrogen-bond donors (Lipinski definition) is 2. The molecule has 0 spiro atoms. The summed E-state index contributed by atoms with van der Waals surface area (Å²) in [5.74, 6) is 0.244. The molecule has 2 N–H and O–H groups in total. The topological polar surface area (TPSA) is 67.8 Å². The third kappa shape index (κ3) is 5.85. The van der Waals surface area contributed by atoms with E-state index in [1.165, 1.54) is 13.2 Å². The molecule has 5 nitrogen and oxygen atoms in total. The van der Waals surface area contributed by atoms with Gasteiger partial charge in [0.05, 0.1) is 25.3 Å². The zero-order valence-corrected chi connectivity index (χ0v) is 16.1. The summed E-state index contributed by atoms with van der Waals surface area (Å²) < 4.78 is 10.5. The van der Waals surface area contributed by atoms with E-state index < -0.39 is 5.60 Å². The van der Waals surface area contributed by atoms with E-state index in [1.54, 1.807) is 24.3 Å². The van der Waals surface area contributed by atoms with Gasteiger partial charge in [0, 0.05) is 11.1 Å². The summed E-state index contributed by atoms with van der Waals surface area (Å²) >= 11 is 5.96. The van der Waals surface area contributed by atoms with Gasteiger partial charge in [-0.1, -0.05) is 23.7 Å². The van der Waals surface area contributed by atoms with E-state index in [4.69, 9.17) is 21.1 Å². The molecule has 0 radical (unpaired) electrons. The quantitative estimate of drug-likeness (QED) is 0.551. The molecule has 2 rings (SSSR count). The lowest BCUT2D eigenvalue weighted by Gasteiger charge is -2.24. The van der Waals surface area contributed by atoms with Gasteiger partial charge >= 0.3 is 5.97 Å². The number of aromatic hydroxyl groups is 1. The molecule has 1 atom stereocenters. The fourth-order valence-electron chi connectivity index (χ4n) is 2.45. The molecule has 140 valence electrons. The number of hydrogen-bond acceptors (Lipinski definition) is 5. The SMILES string of the molecule is COc1ccc(N[C@H](CC(=O)OC(C)(C)C)c2ccc(Cl)cc2)c(O)c1. The fraction of sp³-hybridized carbons (Fsp3) is 0.350. The highest BCUT2D eigenvalue weighted by molar-refractivity contribution is 6.30. The summed E-state index contributed by atoms with van der Waals surface area (Å²) in [4.78, 5) is 12.3. The van der Waals surface area contributed by atoms with Crippen LogP contribution in [0.1, 0.15) is 38.8 Å². The first-order valence-electron chi connectivity index (χ1n) is 8.29. The Morgan fingerprint density at radius 2 is 1.85 bits per heavy atom. The van der Waals surface area contributed by atoms with Crippen LogP contribution in [0.2, 0.25) is 5.02 Å². The Bertz CT molecular complexity index is 753. The molecule has 0 aliphatic rings. The first-order chi connectivity index (χ1) is 12.2. The van der Waals surface area contributed by atoms with Crippen LogP contribution in [-0.4, -0.2) is 23.8 Å². The first-order valence-corrected chi connectivity index (χ1v) is 8.66. The van der Waals surface area contributed by atoms with Gasteiger partial charge in [0.1, 0.15) is 17.1 Å². The number of nitrogens with one attached hydrogen (secondary N) is 1.